The van der Waals surface area contributed by atoms with Gasteiger partial charge in [0.15, 0.2) is 0 Å². The molecule has 0 aliphatic rings. The lowest BCUT2D eigenvalue weighted by atomic mass is 10.1. The largest absolute Gasteiger partial charge is 0.349 e. The van der Waals surface area contributed by atoms with Gasteiger partial charge in [0.2, 0.25) is 5.91 Å². The fraction of sp³-hybridized carbons (Fsp3) is 0.300. The summed E-state index contributed by atoms with van der Waals surface area (Å²) in [5.41, 5.74) is 1.07. The molecule has 1 aromatic carbocycles. The number of benzene rings is 1. The van der Waals surface area contributed by atoms with E-state index in [-0.39, 0.29) is 5.91 Å². The maximum absolute atomic E-state index is 11.3. The molecule has 0 saturated carbocycles. The van der Waals surface area contributed by atoms with E-state index in [1.807, 2.05) is 24.3 Å². The molecule has 0 aliphatic carbocycles. The summed E-state index contributed by atoms with van der Waals surface area (Å²) in [7, 11) is 3.55. The van der Waals surface area contributed by atoms with Crippen LogP contribution in [-0.2, 0) is 11.2 Å². The lowest BCUT2D eigenvalue weighted by molar-refractivity contribution is -0.127. The number of hydrogen-bond acceptors (Lipinski definition) is 1. The van der Waals surface area contributed by atoms with Gasteiger partial charge in [0.25, 0.3) is 0 Å². The van der Waals surface area contributed by atoms with E-state index < -0.39 is 0 Å². The van der Waals surface area contributed by atoms with Crippen LogP contribution in [0.2, 0.25) is 0 Å². The van der Waals surface area contributed by atoms with Crippen LogP contribution in [0.15, 0.2) is 24.3 Å². The normalized spacial score (nSPS) is 9.77. The summed E-state index contributed by atoms with van der Waals surface area (Å²) in [5, 5.41) is 0. The molecule has 0 spiro atoms. The first kappa shape index (κ1) is 10.5. The summed E-state index contributed by atoms with van der Waals surface area (Å²) in [6, 6.07) is 8.00. The van der Waals surface area contributed by atoms with Crippen LogP contribution in [0.1, 0.15) is 5.56 Å². The van der Waals surface area contributed by atoms with E-state index in [2.05, 4.69) is 22.6 Å². The highest BCUT2D eigenvalue weighted by atomic mass is 127. The molecule has 0 radical (unpaired) electrons. The van der Waals surface area contributed by atoms with Crippen molar-refractivity contribution >= 4 is 28.5 Å². The Morgan fingerprint density at radius 1 is 1.46 bits per heavy atom. The summed E-state index contributed by atoms with van der Waals surface area (Å²) < 4.78 is 1.17. The van der Waals surface area contributed by atoms with E-state index in [0.717, 1.165) is 5.56 Å². The van der Waals surface area contributed by atoms with Gasteiger partial charge in [-0.05, 0) is 40.3 Å². The van der Waals surface area contributed by atoms with Gasteiger partial charge in [-0.25, -0.2) is 0 Å². The van der Waals surface area contributed by atoms with Crippen LogP contribution in [-0.4, -0.2) is 24.9 Å². The standard InChI is InChI=1S/C10H12INO/c1-12(2)10(13)7-8-4-3-5-9(11)6-8/h3-6H,7H2,1-2H3. The Hall–Kier alpha value is -0.580. The molecule has 70 valence electrons. The zero-order valence-electron chi connectivity index (χ0n) is 7.75. The van der Waals surface area contributed by atoms with Gasteiger partial charge in [-0.3, -0.25) is 4.79 Å². The second kappa shape index (κ2) is 4.60. The second-order valence-corrected chi connectivity index (χ2v) is 4.34. The van der Waals surface area contributed by atoms with E-state index in [9.17, 15) is 4.79 Å². The molecule has 2 nitrogen and oxygen atoms in total. The van der Waals surface area contributed by atoms with Gasteiger partial charge < -0.3 is 4.90 Å². The summed E-state index contributed by atoms with van der Waals surface area (Å²) >= 11 is 2.24. The Balaban J connectivity index is 2.69. The quantitative estimate of drug-likeness (QED) is 0.762. The first-order valence-corrected chi connectivity index (χ1v) is 5.12. The summed E-state index contributed by atoms with van der Waals surface area (Å²) in [4.78, 5) is 13.0. The predicted molar refractivity (Wildman–Crippen MR) is 61.6 cm³/mol. The van der Waals surface area contributed by atoms with E-state index >= 15 is 0 Å². The lowest BCUT2D eigenvalue weighted by Gasteiger charge is -2.09. The number of rotatable bonds is 2. The van der Waals surface area contributed by atoms with Gasteiger partial charge in [-0.2, -0.15) is 0 Å². The third-order valence-corrected chi connectivity index (χ3v) is 2.41. The number of carbonyl (C=O) groups excluding carboxylic acids is 1. The number of likely N-dealkylation sites (N-methyl/N-ethyl adjacent to an activating group) is 1. The highest BCUT2D eigenvalue weighted by Crippen LogP contribution is 2.08. The molecule has 3 heteroatoms. The van der Waals surface area contributed by atoms with Crippen LogP contribution in [0.25, 0.3) is 0 Å². The Kier molecular flexibility index (Phi) is 3.71. The van der Waals surface area contributed by atoms with Crippen LogP contribution in [0, 0.1) is 3.57 Å². The fourth-order valence-electron chi connectivity index (χ4n) is 0.980. The van der Waals surface area contributed by atoms with E-state index in [1.54, 1.807) is 19.0 Å². The Bertz CT molecular complexity index is 310. The molecule has 0 heterocycles. The van der Waals surface area contributed by atoms with Crippen molar-refractivity contribution in [3.05, 3.63) is 33.4 Å². The van der Waals surface area contributed by atoms with E-state index in [0.29, 0.717) is 6.42 Å². The van der Waals surface area contributed by atoms with Crippen LogP contribution in [0.3, 0.4) is 0 Å². The molecule has 0 N–H and O–H groups in total. The van der Waals surface area contributed by atoms with Crippen LogP contribution in [0.5, 0.6) is 0 Å². The summed E-state index contributed by atoms with van der Waals surface area (Å²) in [6.07, 6.45) is 0.490. The van der Waals surface area contributed by atoms with E-state index in [4.69, 9.17) is 0 Å². The maximum Gasteiger partial charge on any atom is 0.226 e. The molecular weight excluding hydrogens is 277 g/mol. The molecule has 1 rings (SSSR count). The minimum atomic E-state index is 0.141. The van der Waals surface area contributed by atoms with Crippen molar-refractivity contribution in [1.82, 2.24) is 4.90 Å². The van der Waals surface area contributed by atoms with Crippen molar-refractivity contribution in [1.29, 1.82) is 0 Å². The third kappa shape index (κ3) is 3.34. The van der Waals surface area contributed by atoms with Crippen molar-refractivity contribution in [3.63, 3.8) is 0 Å². The molecule has 1 aromatic rings. The average Bonchev–Trinajstić information content (AvgIpc) is 2.04. The number of hydrogen-bond donors (Lipinski definition) is 0. The van der Waals surface area contributed by atoms with Crippen LogP contribution in [0.4, 0.5) is 0 Å². The number of carbonyl (C=O) groups is 1. The molecule has 0 aliphatic heterocycles. The van der Waals surface area contributed by atoms with Crippen molar-refractivity contribution in [2.45, 2.75) is 6.42 Å². The molecule has 0 saturated heterocycles. The van der Waals surface area contributed by atoms with Gasteiger partial charge >= 0.3 is 0 Å². The van der Waals surface area contributed by atoms with Crippen molar-refractivity contribution in [3.8, 4) is 0 Å². The summed E-state index contributed by atoms with van der Waals surface area (Å²) in [5.74, 6) is 0.141. The highest BCUT2D eigenvalue weighted by molar-refractivity contribution is 14.1. The Morgan fingerprint density at radius 3 is 2.69 bits per heavy atom. The van der Waals surface area contributed by atoms with E-state index in [1.165, 1.54) is 3.57 Å². The molecule has 0 fully saturated rings. The topological polar surface area (TPSA) is 20.3 Å². The van der Waals surface area contributed by atoms with Gasteiger partial charge in [0, 0.05) is 17.7 Å². The summed E-state index contributed by atoms with van der Waals surface area (Å²) in [6.45, 7) is 0. The molecule has 0 unspecified atom stereocenters. The Morgan fingerprint density at radius 2 is 2.15 bits per heavy atom. The first-order valence-electron chi connectivity index (χ1n) is 4.04. The number of amides is 1. The molecule has 0 aromatic heterocycles. The molecule has 13 heavy (non-hydrogen) atoms. The van der Waals surface area contributed by atoms with Crippen LogP contribution < -0.4 is 0 Å². The van der Waals surface area contributed by atoms with Gasteiger partial charge in [-0.1, -0.05) is 12.1 Å². The molecule has 1 amide bonds. The zero-order valence-corrected chi connectivity index (χ0v) is 9.91. The minimum Gasteiger partial charge on any atom is -0.349 e. The van der Waals surface area contributed by atoms with Crippen LogP contribution >= 0.6 is 22.6 Å². The SMILES string of the molecule is CN(C)C(=O)Cc1cccc(I)c1. The average molecular weight is 289 g/mol. The molecular formula is C10H12INO. The smallest absolute Gasteiger partial charge is 0.226 e. The second-order valence-electron chi connectivity index (χ2n) is 3.09. The lowest BCUT2D eigenvalue weighted by Crippen LogP contribution is -2.23. The van der Waals surface area contributed by atoms with Crippen molar-refractivity contribution < 1.29 is 4.79 Å². The highest BCUT2D eigenvalue weighted by Gasteiger charge is 2.04. The third-order valence-electron chi connectivity index (χ3n) is 1.74. The predicted octanol–water partition coefficient (Wildman–Crippen LogP) is 1.92. The molecule has 0 bridgehead atoms. The number of nitrogens with zero attached hydrogens (tertiary/aromatic N) is 1. The first-order chi connectivity index (χ1) is 6.09. The minimum absolute atomic E-state index is 0.141. The van der Waals surface area contributed by atoms with Gasteiger partial charge in [-0.15, -0.1) is 0 Å². The number of halogens is 1. The van der Waals surface area contributed by atoms with Crippen molar-refractivity contribution in [2.24, 2.45) is 0 Å². The maximum atomic E-state index is 11.3. The molecule has 0 atom stereocenters. The van der Waals surface area contributed by atoms with Crippen molar-refractivity contribution in [2.75, 3.05) is 14.1 Å². The van der Waals surface area contributed by atoms with Gasteiger partial charge in [0.05, 0.1) is 6.42 Å². The Labute approximate surface area is 92.1 Å². The monoisotopic (exact) mass is 289 g/mol. The van der Waals surface area contributed by atoms with Gasteiger partial charge in [0.1, 0.15) is 0 Å². The zero-order chi connectivity index (χ0) is 9.84. The fourth-order valence-corrected chi connectivity index (χ4v) is 1.59.